The van der Waals surface area contributed by atoms with E-state index in [0.717, 1.165) is 24.4 Å². The van der Waals surface area contributed by atoms with Gasteiger partial charge in [0.25, 0.3) is 5.91 Å². The van der Waals surface area contributed by atoms with Crippen molar-refractivity contribution in [2.75, 3.05) is 38.7 Å². The van der Waals surface area contributed by atoms with Crippen LogP contribution in [0.1, 0.15) is 41.7 Å². The number of likely N-dealkylation sites (tertiary alicyclic amines) is 1. The summed E-state index contributed by atoms with van der Waals surface area (Å²) < 4.78 is 5.65. The minimum absolute atomic E-state index is 0.0180. The third-order valence-electron chi connectivity index (χ3n) is 5.60. The zero-order chi connectivity index (χ0) is 22.5. The molecule has 32 heavy (non-hydrogen) atoms. The van der Waals surface area contributed by atoms with Crippen LogP contribution in [-0.4, -0.2) is 64.5 Å². The molecule has 0 aliphatic carbocycles. The van der Waals surface area contributed by atoms with Crippen LogP contribution in [0.15, 0.2) is 48.9 Å². The standard InChI is InChI=1S/C24H28N6O2/c1-4-32-21-8-6-5-7-18(21)24(31)30-13-9-17(10-14-30)19-15-22(29(2)3)28-23(27-19)20-16-25-11-12-26-20/h5-8,11-12,15-17H,4,9-10,13-14H2,1-3H3. The number of para-hydroxylation sites is 1. The first kappa shape index (κ1) is 21.7. The SMILES string of the molecule is CCOc1ccccc1C(=O)N1CCC(c2cc(N(C)C)nc(-c3cnccn3)n2)CC1. The molecule has 3 aromatic rings. The summed E-state index contributed by atoms with van der Waals surface area (Å²) in [5.74, 6) is 2.31. The maximum atomic E-state index is 13.1. The fourth-order valence-corrected chi connectivity index (χ4v) is 3.89. The average Bonchev–Trinajstić information content (AvgIpc) is 2.84. The summed E-state index contributed by atoms with van der Waals surface area (Å²) in [7, 11) is 3.92. The van der Waals surface area contributed by atoms with Gasteiger partial charge in [-0.2, -0.15) is 0 Å². The molecule has 1 aliphatic rings. The molecule has 0 atom stereocenters. The number of ether oxygens (including phenoxy) is 1. The van der Waals surface area contributed by atoms with Crippen molar-refractivity contribution in [1.29, 1.82) is 0 Å². The minimum atomic E-state index is 0.0180. The Morgan fingerprint density at radius 1 is 1.16 bits per heavy atom. The second-order valence-electron chi connectivity index (χ2n) is 7.96. The maximum Gasteiger partial charge on any atom is 0.257 e. The summed E-state index contributed by atoms with van der Waals surface area (Å²) in [6, 6.07) is 9.48. The Kier molecular flexibility index (Phi) is 6.58. The molecule has 0 bridgehead atoms. The van der Waals surface area contributed by atoms with Gasteiger partial charge in [-0.15, -0.1) is 0 Å². The van der Waals surface area contributed by atoms with Crippen molar-refractivity contribution in [2.24, 2.45) is 0 Å². The lowest BCUT2D eigenvalue weighted by atomic mass is 9.92. The highest BCUT2D eigenvalue weighted by Gasteiger charge is 2.27. The van der Waals surface area contributed by atoms with Crippen LogP contribution >= 0.6 is 0 Å². The number of aromatic nitrogens is 4. The largest absolute Gasteiger partial charge is 0.493 e. The molecule has 0 spiro atoms. The molecule has 8 nitrogen and oxygen atoms in total. The van der Waals surface area contributed by atoms with E-state index in [1.54, 1.807) is 18.6 Å². The van der Waals surface area contributed by atoms with E-state index in [4.69, 9.17) is 9.72 Å². The Morgan fingerprint density at radius 3 is 2.62 bits per heavy atom. The lowest BCUT2D eigenvalue weighted by Crippen LogP contribution is -2.38. The Hall–Kier alpha value is -3.55. The molecule has 3 heterocycles. The first-order chi connectivity index (χ1) is 15.6. The zero-order valence-corrected chi connectivity index (χ0v) is 18.7. The van der Waals surface area contributed by atoms with Gasteiger partial charge in [0.15, 0.2) is 5.82 Å². The Balaban J connectivity index is 1.52. The van der Waals surface area contributed by atoms with Gasteiger partial charge in [-0.05, 0) is 31.9 Å². The average molecular weight is 433 g/mol. The number of anilines is 1. The van der Waals surface area contributed by atoms with Crippen LogP contribution in [0.25, 0.3) is 11.5 Å². The monoisotopic (exact) mass is 432 g/mol. The van der Waals surface area contributed by atoms with Gasteiger partial charge < -0.3 is 14.5 Å². The van der Waals surface area contributed by atoms with Crippen molar-refractivity contribution in [3.63, 3.8) is 0 Å². The molecule has 4 rings (SSSR count). The van der Waals surface area contributed by atoms with E-state index < -0.39 is 0 Å². The Labute approximate surface area is 188 Å². The first-order valence-corrected chi connectivity index (χ1v) is 10.9. The fourth-order valence-electron chi connectivity index (χ4n) is 3.89. The van der Waals surface area contributed by atoms with Crippen molar-refractivity contribution in [3.8, 4) is 17.3 Å². The molecule has 0 saturated carbocycles. The molecule has 1 saturated heterocycles. The van der Waals surface area contributed by atoms with Crippen molar-refractivity contribution in [2.45, 2.75) is 25.7 Å². The number of benzene rings is 1. The van der Waals surface area contributed by atoms with E-state index in [1.807, 2.05) is 61.2 Å². The van der Waals surface area contributed by atoms with Crippen molar-refractivity contribution in [1.82, 2.24) is 24.8 Å². The van der Waals surface area contributed by atoms with Crippen molar-refractivity contribution < 1.29 is 9.53 Å². The topological polar surface area (TPSA) is 84.3 Å². The molecule has 2 aromatic heterocycles. The summed E-state index contributed by atoms with van der Waals surface area (Å²) in [5.41, 5.74) is 2.25. The van der Waals surface area contributed by atoms with Crippen LogP contribution < -0.4 is 9.64 Å². The second-order valence-corrected chi connectivity index (χ2v) is 7.96. The summed E-state index contributed by atoms with van der Waals surface area (Å²) in [4.78, 5) is 35.0. The van der Waals surface area contributed by atoms with Crippen LogP contribution in [-0.2, 0) is 0 Å². The zero-order valence-electron chi connectivity index (χ0n) is 18.7. The molecule has 1 fully saturated rings. The number of piperidine rings is 1. The van der Waals surface area contributed by atoms with Gasteiger partial charge in [-0.3, -0.25) is 9.78 Å². The van der Waals surface area contributed by atoms with Crippen LogP contribution in [0.3, 0.4) is 0 Å². The van der Waals surface area contributed by atoms with Gasteiger partial charge in [0, 0.05) is 57.3 Å². The van der Waals surface area contributed by atoms with Gasteiger partial charge in [0.1, 0.15) is 17.3 Å². The number of amides is 1. The van der Waals surface area contributed by atoms with Gasteiger partial charge in [-0.1, -0.05) is 12.1 Å². The van der Waals surface area contributed by atoms with Crippen molar-refractivity contribution >= 4 is 11.7 Å². The summed E-state index contributed by atoms with van der Waals surface area (Å²) in [5, 5.41) is 0. The van der Waals surface area contributed by atoms with Gasteiger partial charge in [-0.25, -0.2) is 15.0 Å². The molecule has 1 aromatic carbocycles. The van der Waals surface area contributed by atoms with Crippen LogP contribution in [0.5, 0.6) is 5.75 Å². The molecular weight excluding hydrogens is 404 g/mol. The highest BCUT2D eigenvalue weighted by molar-refractivity contribution is 5.97. The smallest absolute Gasteiger partial charge is 0.257 e. The molecular formula is C24H28N6O2. The van der Waals surface area contributed by atoms with E-state index in [9.17, 15) is 4.79 Å². The first-order valence-electron chi connectivity index (χ1n) is 10.9. The molecule has 1 amide bonds. The summed E-state index contributed by atoms with van der Waals surface area (Å²) in [6.45, 7) is 3.80. The molecule has 0 radical (unpaired) electrons. The quantitative estimate of drug-likeness (QED) is 0.590. The van der Waals surface area contributed by atoms with Gasteiger partial charge in [0.2, 0.25) is 0 Å². The third-order valence-corrected chi connectivity index (χ3v) is 5.60. The maximum absolute atomic E-state index is 13.1. The number of carbonyl (C=O) groups is 1. The Morgan fingerprint density at radius 2 is 1.94 bits per heavy atom. The molecule has 0 unspecified atom stereocenters. The van der Waals surface area contributed by atoms with E-state index in [1.165, 1.54) is 0 Å². The number of hydrogen-bond donors (Lipinski definition) is 0. The molecule has 8 heteroatoms. The fraction of sp³-hybridized carbons (Fsp3) is 0.375. The number of nitrogens with zero attached hydrogens (tertiary/aromatic N) is 6. The molecule has 1 aliphatic heterocycles. The lowest BCUT2D eigenvalue weighted by Gasteiger charge is -2.32. The van der Waals surface area contributed by atoms with Crippen molar-refractivity contribution in [3.05, 3.63) is 60.2 Å². The van der Waals surface area contributed by atoms with E-state index in [-0.39, 0.29) is 11.8 Å². The summed E-state index contributed by atoms with van der Waals surface area (Å²) >= 11 is 0. The van der Waals surface area contributed by atoms with E-state index >= 15 is 0 Å². The normalized spacial score (nSPS) is 14.3. The van der Waals surface area contributed by atoms with Crippen LogP contribution in [0.4, 0.5) is 5.82 Å². The predicted molar refractivity (Wildman–Crippen MR) is 123 cm³/mol. The predicted octanol–water partition coefficient (Wildman–Crippen LogP) is 3.42. The lowest BCUT2D eigenvalue weighted by molar-refractivity contribution is 0.0708. The number of rotatable bonds is 6. The van der Waals surface area contributed by atoms with Crippen LogP contribution in [0, 0.1) is 0 Å². The van der Waals surface area contributed by atoms with Gasteiger partial charge >= 0.3 is 0 Å². The van der Waals surface area contributed by atoms with Crippen LogP contribution in [0.2, 0.25) is 0 Å². The van der Waals surface area contributed by atoms with E-state index in [0.29, 0.717) is 42.5 Å². The van der Waals surface area contributed by atoms with E-state index in [2.05, 4.69) is 15.0 Å². The number of hydrogen-bond acceptors (Lipinski definition) is 7. The highest BCUT2D eigenvalue weighted by Crippen LogP contribution is 2.31. The Bertz CT molecular complexity index is 1070. The number of carbonyl (C=O) groups excluding carboxylic acids is 1. The third kappa shape index (κ3) is 4.69. The second kappa shape index (κ2) is 9.72. The van der Waals surface area contributed by atoms with Gasteiger partial charge in [0.05, 0.1) is 18.4 Å². The summed E-state index contributed by atoms with van der Waals surface area (Å²) in [6.07, 6.45) is 6.63. The molecule has 166 valence electrons. The molecule has 0 N–H and O–H groups in total. The highest BCUT2D eigenvalue weighted by atomic mass is 16.5. The minimum Gasteiger partial charge on any atom is -0.493 e.